The molecular weight excluding hydrogens is 287 g/mol. The van der Waals surface area contributed by atoms with Crippen molar-refractivity contribution in [3.05, 3.63) is 40.0 Å². The molecule has 0 fully saturated rings. The molecule has 2 N–H and O–H groups in total. The predicted molar refractivity (Wildman–Crippen MR) is 77.0 cm³/mol. The summed E-state index contributed by atoms with van der Waals surface area (Å²) in [6, 6.07) is 6.17. The Morgan fingerprint density at radius 2 is 2.00 bits per heavy atom. The van der Waals surface area contributed by atoms with Gasteiger partial charge in [0.25, 0.3) is 0 Å². The number of benzene rings is 1. The predicted octanol–water partition coefficient (Wildman–Crippen LogP) is 3.68. The zero-order chi connectivity index (χ0) is 14.0. The molecule has 0 unspecified atom stereocenters. The topological polar surface area (TPSA) is 59.0 Å². The van der Waals surface area contributed by atoms with Crippen LogP contribution >= 0.6 is 23.2 Å². The molecule has 2 aromatic rings. The maximum atomic E-state index is 11.8. The van der Waals surface area contributed by atoms with Crippen LogP contribution in [0.2, 0.25) is 10.0 Å². The minimum absolute atomic E-state index is 0.414. The molecule has 0 bridgehead atoms. The molecule has 0 saturated heterocycles. The second-order valence-electron chi connectivity index (χ2n) is 4.00. The highest BCUT2D eigenvalue weighted by Crippen LogP contribution is 2.25. The third-order valence-corrected chi connectivity index (χ3v) is 3.10. The summed E-state index contributed by atoms with van der Waals surface area (Å²) in [6.07, 6.45) is 0. The van der Waals surface area contributed by atoms with E-state index in [2.05, 4.69) is 15.7 Å². The zero-order valence-electron chi connectivity index (χ0n) is 10.4. The summed E-state index contributed by atoms with van der Waals surface area (Å²) in [5.74, 6) is 0.468. The number of halogens is 2. The fraction of sp³-hybridized carbons (Fsp3) is 0.167. The van der Waals surface area contributed by atoms with Gasteiger partial charge in [0.15, 0.2) is 5.82 Å². The maximum Gasteiger partial charge on any atom is 0.324 e. The number of carbonyl (C=O) groups excluding carboxylic acids is 1. The van der Waals surface area contributed by atoms with Crippen LogP contribution in [0.4, 0.5) is 16.3 Å². The van der Waals surface area contributed by atoms with E-state index in [-0.39, 0.29) is 0 Å². The summed E-state index contributed by atoms with van der Waals surface area (Å²) in [5, 5.41) is 10.3. The van der Waals surface area contributed by atoms with Crippen molar-refractivity contribution in [2.75, 3.05) is 10.6 Å². The molecule has 0 aliphatic rings. The molecule has 1 heterocycles. The third-order valence-electron chi connectivity index (χ3n) is 2.53. The Morgan fingerprint density at radius 1 is 1.26 bits per heavy atom. The van der Waals surface area contributed by atoms with Gasteiger partial charge in [-0.1, -0.05) is 23.2 Å². The van der Waals surface area contributed by atoms with Gasteiger partial charge >= 0.3 is 6.03 Å². The van der Waals surface area contributed by atoms with Crippen LogP contribution in [0.15, 0.2) is 24.3 Å². The van der Waals surface area contributed by atoms with Gasteiger partial charge in [-0.15, -0.1) is 0 Å². The average molecular weight is 299 g/mol. The van der Waals surface area contributed by atoms with E-state index in [4.69, 9.17) is 23.2 Å². The number of anilines is 2. The smallest absolute Gasteiger partial charge is 0.306 e. The van der Waals surface area contributed by atoms with E-state index in [0.29, 0.717) is 21.6 Å². The molecule has 0 aliphatic heterocycles. The summed E-state index contributed by atoms with van der Waals surface area (Å²) in [5.41, 5.74) is 1.38. The number of nitrogens with zero attached hydrogens (tertiary/aromatic N) is 2. The molecule has 19 heavy (non-hydrogen) atoms. The van der Waals surface area contributed by atoms with Gasteiger partial charge in [0, 0.05) is 23.8 Å². The molecule has 0 saturated carbocycles. The molecule has 0 aliphatic carbocycles. The van der Waals surface area contributed by atoms with Crippen LogP contribution in [-0.2, 0) is 7.05 Å². The standard InChI is InChI=1S/C12H12Cl2N4O/c1-7-5-11(17-18(7)2)16-12(19)15-10-6-8(13)3-4-9(10)14/h3-6H,1-2H3,(H2,15,16,17,19). The van der Waals surface area contributed by atoms with Gasteiger partial charge in [0.05, 0.1) is 10.7 Å². The molecule has 0 spiro atoms. The molecular formula is C12H12Cl2N4O. The summed E-state index contributed by atoms with van der Waals surface area (Å²) < 4.78 is 1.67. The summed E-state index contributed by atoms with van der Waals surface area (Å²) in [4.78, 5) is 11.8. The third kappa shape index (κ3) is 3.39. The van der Waals surface area contributed by atoms with Crippen molar-refractivity contribution in [3.63, 3.8) is 0 Å². The fourth-order valence-corrected chi connectivity index (χ4v) is 1.82. The molecule has 0 atom stereocenters. The zero-order valence-corrected chi connectivity index (χ0v) is 11.9. The second-order valence-corrected chi connectivity index (χ2v) is 4.84. The SMILES string of the molecule is Cc1cc(NC(=O)Nc2cc(Cl)ccc2Cl)nn1C. The van der Waals surface area contributed by atoms with Gasteiger partial charge in [-0.05, 0) is 25.1 Å². The normalized spacial score (nSPS) is 10.3. The Labute approximate surface area is 120 Å². The number of amides is 2. The quantitative estimate of drug-likeness (QED) is 0.888. The van der Waals surface area contributed by atoms with Crippen LogP contribution in [-0.4, -0.2) is 15.8 Å². The second kappa shape index (κ2) is 5.50. The Balaban J connectivity index is 2.07. The number of hydrogen-bond donors (Lipinski definition) is 2. The van der Waals surface area contributed by atoms with Gasteiger partial charge in [0.2, 0.25) is 0 Å². The number of aryl methyl sites for hydroxylation is 2. The van der Waals surface area contributed by atoms with Gasteiger partial charge in [-0.25, -0.2) is 4.79 Å². The summed E-state index contributed by atoms with van der Waals surface area (Å²) in [6.45, 7) is 1.89. The van der Waals surface area contributed by atoms with Crippen molar-refractivity contribution >= 4 is 40.7 Å². The molecule has 5 nitrogen and oxygen atoms in total. The van der Waals surface area contributed by atoms with E-state index in [9.17, 15) is 4.79 Å². The molecule has 1 aromatic carbocycles. The molecule has 7 heteroatoms. The van der Waals surface area contributed by atoms with Crippen molar-refractivity contribution in [3.8, 4) is 0 Å². The lowest BCUT2D eigenvalue weighted by molar-refractivity contribution is 0.262. The molecule has 2 amide bonds. The monoisotopic (exact) mass is 298 g/mol. The van der Waals surface area contributed by atoms with E-state index in [1.54, 1.807) is 36.0 Å². The highest BCUT2D eigenvalue weighted by atomic mass is 35.5. The Bertz CT molecular complexity index is 605. The number of rotatable bonds is 2. The number of aromatic nitrogens is 2. The first kappa shape index (κ1) is 13.7. The van der Waals surface area contributed by atoms with E-state index in [1.165, 1.54) is 0 Å². The summed E-state index contributed by atoms with van der Waals surface area (Å²) in [7, 11) is 1.80. The van der Waals surface area contributed by atoms with Gasteiger partial charge in [-0.2, -0.15) is 5.10 Å². The largest absolute Gasteiger partial charge is 0.324 e. The first-order valence-corrected chi connectivity index (χ1v) is 6.25. The van der Waals surface area contributed by atoms with E-state index >= 15 is 0 Å². The van der Waals surface area contributed by atoms with Crippen molar-refractivity contribution in [2.45, 2.75) is 6.92 Å². The van der Waals surface area contributed by atoms with Crippen LogP contribution in [0.3, 0.4) is 0 Å². The lowest BCUT2D eigenvalue weighted by atomic mass is 10.3. The fourth-order valence-electron chi connectivity index (χ4n) is 1.48. The minimum Gasteiger partial charge on any atom is -0.306 e. The van der Waals surface area contributed by atoms with Crippen LogP contribution < -0.4 is 10.6 Å². The van der Waals surface area contributed by atoms with Crippen molar-refractivity contribution in [1.82, 2.24) is 9.78 Å². The van der Waals surface area contributed by atoms with E-state index < -0.39 is 6.03 Å². The lowest BCUT2D eigenvalue weighted by Crippen LogP contribution is -2.20. The summed E-state index contributed by atoms with van der Waals surface area (Å²) >= 11 is 11.8. The number of carbonyl (C=O) groups is 1. The number of urea groups is 1. The first-order chi connectivity index (χ1) is 8.95. The van der Waals surface area contributed by atoms with Crippen LogP contribution in [0, 0.1) is 6.92 Å². The van der Waals surface area contributed by atoms with Crippen molar-refractivity contribution in [2.24, 2.45) is 7.05 Å². The van der Waals surface area contributed by atoms with Crippen LogP contribution in [0.5, 0.6) is 0 Å². The Morgan fingerprint density at radius 3 is 2.63 bits per heavy atom. The number of nitrogens with one attached hydrogen (secondary N) is 2. The minimum atomic E-state index is -0.428. The van der Waals surface area contributed by atoms with Gasteiger partial charge < -0.3 is 5.32 Å². The number of hydrogen-bond acceptors (Lipinski definition) is 2. The Hall–Kier alpha value is -1.72. The van der Waals surface area contributed by atoms with E-state index in [1.807, 2.05) is 6.92 Å². The van der Waals surface area contributed by atoms with Crippen molar-refractivity contribution < 1.29 is 4.79 Å². The Kier molecular flexibility index (Phi) is 3.97. The van der Waals surface area contributed by atoms with Gasteiger partial charge in [0.1, 0.15) is 0 Å². The molecule has 100 valence electrons. The first-order valence-electron chi connectivity index (χ1n) is 5.49. The molecule has 1 aromatic heterocycles. The highest BCUT2D eigenvalue weighted by Gasteiger charge is 2.09. The van der Waals surface area contributed by atoms with Crippen LogP contribution in [0.1, 0.15) is 5.69 Å². The van der Waals surface area contributed by atoms with Crippen LogP contribution in [0.25, 0.3) is 0 Å². The maximum absolute atomic E-state index is 11.8. The molecule has 2 rings (SSSR count). The lowest BCUT2D eigenvalue weighted by Gasteiger charge is -2.07. The van der Waals surface area contributed by atoms with E-state index in [0.717, 1.165) is 5.69 Å². The van der Waals surface area contributed by atoms with Gasteiger partial charge in [-0.3, -0.25) is 10.00 Å². The van der Waals surface area contributed by atoms with Crippen molar-refractivity contribution in [1.29, 1.82) is 0 Å². The highest BCUT2D eigenvalue weighted by molar-refractivity contribution is 6.35. The molecule has 0 radical (unpaired) electrons. The average Bonchev–Trinajstić information content (AvgIpc) is 2.63.